The van der Waals surface area contributed by atoms with Crippen molar-refractivity contribution in [3.05, 3.63) is 101 Å². The molecule has 0 N–H and O–H groups in total. The van der Waals surface area contributed by atoms with Crippen LogP contribution >= 0.6 is 11.6 Å². The van der Waals surface area contributed by atoms with E-state index in [0.29, 0.717) is 34.6 Å². The van der Waals surface area contributed by atoms with Crippen molar-refractivity contribution in [3.63, 3.8) is 0 Å². The average Bonchev–Trinajstić information content (AvgIpc) is 3.66. The molecule has 5 aliphatic rings. The van der Waals surface area contributed by atoms with Crippen LogP contribution in [0.3, 0.4) is 0 Å². The summed E-state index contributed by atoms with van der Waals surface area (Å²) in [5.41, 5.74) is 5.93. The number of anilines is 1. The van der Waals surface area contributed by atoms with Crippen LogP contribution in [-0.2, 0) is 5.54 Å². The lowest BCUT2D eigenvalue weighted by molar-refractivity contribution is 0.131. The van der Waals surface area contributed by atoms with Gasteiger partial charge in [0.25, 0.3) is 0 Å². The highest BCUT2D eigenvalue weighted by Gasteiger charge is 2.74. The highest BCUT2D eigenvalue weighted by Crippen LogP contribution is 2.72. The van der Waals surface area contributed by atoms with Gasteiger partial charge in [-0.3, -0.25) is 5.01 Å². The number of benzene rings is 3. The largest absolute Gasteiger partial charge is 0.261 e. The number of rotatable bonds is 1. The predicted molar refractivity (Wildman–Crippen MR) is 134 cm³/mol. The topological polar surface area (TPSA) is 30.3 Å². The number of nitrogens with zero attached hydrogens (tertiary/aromatic N) is 3. The van der Waals surface area contributed by atoms with Crippen molar-refractivity contribution in [1.29, 1.82) is 5.26 Å². The molecular formula is C30H24ClN3. The van der Waals surface area contributed by atoms with Crippen molar-refractivity contribution in [2.24, 2.45) is 29.6 Å². The van der Waals surface area contributed by atoms with Crippen molar-refractivity contribution in [2.45, 2.75) is 24.4 Å². The van der Waals surface area contributed by atoms with Crippen LogP contribution in [0.4, 0.5) is 5.69 Å². The van der Waals surface area contributed by atoms with Crippen molar-refractivity contribution < 1.29 is 0 Å². The first kappa shape index (κ1) is 19.1. The summed E-state index contributed by atoms with van der Waals surface area (Å²) in [6, 6.07) is 26.1. The Labute approximate surface area is 204 Å². The minimum atomic E-state index is -0.394. The van der Waals surface area contributed by atoms with Gasteiger partial charge in [-0.1, -0.05) is 72.3 Å². The highest BCUT2D eigenvalue weighted by atomic mass is 35.5. The first-order chi connectivity index (χ1) is 16.7. The van der Waals surface area contributed by atoms with E-state index in [2.05, 4.69) is 89.0 Å². The van der Waals surface area contributed by atoms with Crippen LogP contribution in [0.5, 0.6) is 0 Å². The minimum Gasteiger partial charge on any atom is -0.261 e. The number of halogens is 1. The van der Waals surface area contributed by atoms with Gasteiger partial charge >= 0.3 is 0 Å². The lowest BCUT2D eigenvalue weighted by Crippen LogP contribution is -2.50. The summed E-state index contributed by atoms with van der Waals surface area (Å²) in [5.74, 6) is 2.79. The van der Waals surface area contributed by atoms with Gasteiger partial charge in [0.15, 0.2) is 6.19 Å². The fourth-order valence-electron chi connectivity index (χ4n) is 8.75. The smallest absolute Gasteiger partial charge is 0.200 e. The molecule has 0 unspecified atom stereocenters. The number of hydrazine groups is 1. The fourth-order valence-corrected chi connectivity index (χ4v) is 8.87. The van der Waals surface area contributed by atoms with E-state index in [0.717, 1.165) is 5.69 Å². The number of nitriles is 1. The summed E-state index contributed by atoms with van der Waals surface area (Å²) in [6.07, 6.45) is 9.94. The van der Waals surface area contributed by atoms with E-state index in [1.807, 2.05) is 12.1 Å². The van der Waals surface area contributed by atoms with E-state index < -0.39 is 5.54 Å². The van der Waals surface area contributed by atoms with Crippen molar-refractivity contribution in [2.75, 3.05) is 5.01 Å². The Bertz CT molecular complexity index is 1360. The Morgan fingerprint density at radius 2 is 1.53 bits per heavy atom. The first-order valence-corrected chi connectivity index (χ1v) is 12.7. The third-order valence-electron chi connectivity index (χ3n) is 9.57. The molecule has 0 aromatic heterocycles. The van der Waals surface area contributed by atoms with Crippen LogP contribution in [0.1, 0.15) is 24.0 Å². The van der Waals surface area contributed by atoms with Gasteiger partial charge in [0, 0.05) is 10.9 Å². The van der Waals surface area contributed by atoms with E-state index in [1.165, 1.54) is 35.1 Å². The molecule has 34 heavy (non-hydrogen) atoms. The Morgan fingerprint density at radius 1 is 0.853 bits per heavy atom. The Morgan fingerprint density at radius 3 is 2.21 bits per heavy atom. The molecule has 1 spiro atoms. The Hall–Kier alpha value is -3.22. The lowest BCUT2D eigenvalue weighted by atomic mass is 9.63. The molecule has 4 aliphatic carbocycles. The van der Waals surface area contributed by atoms with Gasteiger partial charge in [-0.05, 0) is 83.0 Å². The van der Waals surface area contributed by atoms with Crippen LogP contribution in [0.15, 0.2) is 84.9 Å². The summed E-state index contributed by atoms with van der Waals surface area (Å²) >= 11 is 6.31. The molecule has 0 radical (unpaired) electrons. The third kappa shape index (κ3) is 2.02. The molecule has 3 aromatic carbocycles. The number of fused-ring (bicyclic) bond motifs is 14. The molecule has 8 rings (SSSR count). The maximum Gasteiger partial charge on any atom is 0.200 e. The van der Waals surface area contributed by atoms with Crippen molar-refractivity contribution >= 4 is 17.3 Å². The normalized spacial score (nSPS) is 32.6. The Kier molecular flexibility index (Phi) is 3.64. The van der Waals surface area contributed by atoms with Crippen LogP contribution in [0.25, 0.3) is 11.1 Å². The van der Waals surface area contributed by atoms with Gasteiger partial charge in [-0.25, -0.2) is 5.01 Å². The number of allylic oxidation sites excluding steroid dienone is 2. The van der Waals surface area contributed by atoms with E-state index in [9.17, 15) is 5.26 Å². The van der Waals surface area contributed by atoms with E-state index >= 15 is 0 Å². The summed E-state index contributed by atoms with van der Waals surface area (Å²) in [4.78, 5) is 0. The first-order valence-electron chi connectivity index (χ1n) is 12.4. The molecule has 0 amide bonds. The van der Waals surface area contributed by atoms with E-state index in [-0.39, 0.29) is 6.04 Å². The molecule has 3 nitrogen and oxygen atoms in total. The zero-order chi connectivity index (χ0) is 22.6. The predicted octanol–water partition coefficient (Wildman–Crippen LogP) is 6.61. The van der Waals surface area contributed by atoms with Crippen LogP contribution < -0.4 is 5.01 Å². The number of hydrogen-bond donors (Lipinski definition) is 0. The fraction of sp³-hybridized carbons (Fsp3) is 0.300. The second-order valence-electron chi connectivity index (χ2n) is 10.6. The third-order valence-corrected chi connectivity index (χ3v) is 9.82. The Balaban J connectivity index is 1.47. The molecule has 3 fully saturated rings. The van der Waals surface area contributed by atoms with Gasteiger partial charge in [-0.15, -0.1) is 0 Å². The standard InChI is InChI=1S/C30H24ClN3/c31-18-12-14-19(15-13-18)34-30(26-10-3-1-6-22(26)23-7-2-4-11-27(23)30)28-24-16-25(29(28)33(34)17-32)21-9-5-8-20(21)24/h1-7,9-15,20-21,24-25,28-29H,8,16H2/t20-,21+,24+,25+,28-,29-/m1/s1. The van der Waals surface area contributed by atoms with Gasteiger partial charge in [-0.2, -0.15) is 5.26 Å². The summed E-state index contributed by atoms with van der Waals surface area (Å²) in [7, 11) is 0. The highest BCUT2D eigenvalue weighted by molar-refractivity contribution is 6.30. The van der Waals surface area contributed by atoms with E-state index in [1.54, 1.807) is 0 Å². The van der Waals surface area contributed by atoms with Crippen LogP contribution in [-0.4, -0.2) is 11.1 Å². The zero-order valence-electron chi connectivity index (χ0n) is 18.7. The zero-order valence-corrected chi connectivity index (χ0v) is 19.4. The summed E-state index contributed by atoms with van der Waals surface area (Å²) in [5, 5.41) is 15.8. The molecule has 166 valence electrons. The molecule has 2 bridgehead atoms. The molecule has 1 aliphatic heterocycles. The van der Waals surface area contributed by atoms with E-state index in [4.69, 9.17) is 11.6 Å². The van der Waals surface area contributed by atoms with Gasteiger partial charge in [0.1, 0.15) is 5.54 Å². The number of hydrogen-bond acceptors (Lipinski definition) is 3. The monoisotopic (exact) mass is 461 g/mol. The maximum atomic E-state index is 10.7. The summed E-state index contributed by atoms with van der Waals surface area (Å²) < 4.78 is 0. The molecule has 2 saturated carbocycles. The molecule has 3 aromatic rings. The minimum absolute atomic E-state index is 0.203. The molecule has 6 atom stereocenters. The molecule has 1 saturated heterocycles. The van der Waals surface area contributed by atoms with Gasteiger partial charge in [0.05, 0.1) is 11.7 Å². The van der Waals surface area contributed by atoms with Gasteiger partial charge < -0.3 is 0 Å². The second-order valence-corrected chi connectivity index (χ2v) is 11.0. The van der Waals surface area contributed by atoms with Gasteiger partial charge in [0.2, 0.25) is 0 Å². The SMILES string of the molecule is N#CN1[C@@H]2[C@H]3C[C@@H]([C@@H]4CC=C[C@@H]43)[C@H]2C2(c3ccccc3-c3ccccc32)N1c1ccc(Cl)cc1. The molecule has 1 heterocycles. The second kappa shape index (κ2) is 6.46. The van der Waals surface area contributed by atoms with Crippen LogP contribution in [0.2, 0.25) is 5.02 Å². The quantitative estimate of drug-likeness (QED) is 0.302. The summed E-state index contributed by atoms with van der Waals surface area (Å²) in [6.45, 7) is 0. The lowest BCUT2D eigenvalue weighted by Gasteiger charge is -2.44. The van der Waals surface area contributed by atoms with Crippen molar-refractivity contribution in [1.82, 2.24) is 5.01 Å². The molecular weight excluding hydrogens is 438 g/mol. The molecule has 4 heteroatoms. The van der Waals surface area contributed by atoms with Crippen LogP contribution in [0, 0.1) is 41.0 Å². The maximum absolute atomic E-state index is 10.7. The average molecular weight is 462 g/mol. The van der Waals surface area contributed by atoms with Crippen molar-refractivity contribution in [3.8, 4) is 17.3 Å².